The molecule has 2 aliphatic rings. The summed E-state index contributed by atoms with van der Waals surface area (Å²) in [4.78, 5) is 10.6. The molecule has 192 valence electrons. The van der Waals surface area contributed by atoms with Gasteiger partial charge in [0.2, 0.25) is 0 Å². The zero-order valence-electron chi connectivity index (χ0n) is 23.5. The van der Waals surface area contributed by atoms with E-state index in [1.807, 2.05) is 0 Å². The van der Waals surface area contributed by atoms with Crippen LogP contribution in [-0.4, -0.2) is 22.7 Å². The van der Waals surface area contributed by atoms with Gasteiger partial charge in [0.15, 0.2) is 0 Å². The standard InChI is InChI=1S/C16H23.C8H10NO.C7H16O.Na/c1-4-14-8-10-15(11-9-14)16-7-5-6-12(2)13(16)3;1-6(10)8(9)7-4-2-3-5-7;1-3-5-7(8)6-4-2;/h5-7,14-15H,1,4,8-11H2,2-3H3;9H,2-4H2,1H3;7-8H,3-6H2,1-2H3;/q2*-1;;+1. The maximum Gasteiger partial charge on any atom is 1.00 e. The van der Waals surface area contributed by atoms with Crippen molar-refractivity contribution in [3.05, 3.63) is 53.5 Å². The minimum atomic E-state index is -0.149. The largest absolute Gasteiger partial charge is 1.00 e. The van der Waals surface area contributed by atoms with Crippen molar-refractivity contribution in [1.82, 2.24) is 0 Å². The van der Waals surface area contributed by atoms with Gasteiger partial charge in [0.25, 0.3) is 0 Å². The van der Waals surface area contributed by atoms with Crippen molar-refractivity contribution in [3.63, 3.8) is 0 Å². The van der Waals surface area contributed by atoms with Gasteiger partial charge in [0, 0.05) is 0 Å². The Morgan fingerprint density at radius 2 is 1.74 bits per heavy atom. The molecule has 0 radical (unpaired) electrons. The van der Waals surface area contributed by atoms with Gasteiger partial charge in [0.05, 0.1) is 11.9 Å². The zero-order chi connectivity index (χ0) is 25.5. The van der Waals surface area contributed by atoms with Crippen molar-refractivity contribution in [2.75, 3.05) is 0 Å². The minimum absolute atomic E-state index is 0. The molecular formula is C31H49NNaO2-. The molecule has 0 aliphatic heterocycles. The fourth-order valence-corrected chi connectivity index (χ4v) is 4.81. The first kappa shape index (κ1) is 34.3. The number of hydrogen-bond donors (Lipinski definition) is 2. The zero-order valence-corrected chi connectivity index (χ0v) is 25.5. The molecule has 2 aliphatic carbocycles. The molecule has 2 N–H and O–H groups in total. The van der Waals surface area contributed by atoms with Crippen LogP contribution in [0.5, 0.6) is 0 Å². The first-order valence-electron chi connectivity index (χ1n) is 13.5. The van der Waals surface area contributed by atoms with Gasteiger partial charge >= 0.3 is 29.6 Å². The number of Topliss-reactive ketones (excluding diaryl/α,β-unsaturated/α-hetero) is 1. The number of allylic oxidation sites excluding steroid dienone is 2. The molecule has 0 aromatic heterocycles. The number of benzene rings is 1. The number of rotatable bonds is 8. The summed E-state index contributed by atoms with van der Waals surface area (Å²) in [5, 5.41) is 16.3. The molecule has 3 rings (SSSR count). The van der Waals surface area contributed by atoms with E-state index in [4.69, 9.17) is 10.5 Å². The molecular weight excluding hydrogens is 441 g/mol. The number of aliphatic hydroxyl groups is 1. The van der Waals surface area contributed by atoms with E-state index in [9.17, 15) is 4.79 Å². The van der Waals surface area contributed by atoms with Crippen LogP contribution in [-0.2, 0) is 4.79 Å². The first-order valence-corrected chi connectivity index (χ1v) is 13.5. The van der Waals surface area contributed by atoms with E-state index >= 15 is 0 Å². The predicted molar refractivity (Wildman–Crippen MR) is 145 cm³/mol. The van der Waals surface area contributed by atoms with Crippen LogP contribution in [0, 0.1) is 38.2 Å². The summed E-state index contributed by atoms with van der Waals surface area (Å²) in [5.41, 5.74) is 5.52. The molecule has 0 saturated heterocycles. The second kappa shape index (κ2) is 19.4. The molecule has 35 heavy (non-hydrogen) atoms. The quantitative estimate of drug-likeness (QED) is 0.297. The van der Waals surface area contributed by atoms with Gasteiger partial charge in [-0.3, -0.25) is 6.08 Å². The van der Waals surface area contributed by atoms with Crippen molar-refractivity contribution in [2.45, 2.75) is 124 Å². The third-order valence-electron chi connectivity index (χ3n) is 7.18. The van der Waals surface area contributed by atoms with Crippen LogP contribution >= 0.6 is 0 Å². The molecule has 0 atom stereocenters. The number of nitrogens with one attached hydrogen (secondary N) is 1. The fourth-order valence-electron chi connectivity index (χ4n) is 4.81. The fraction of sp³-hybridized carbons (Fsp3) is 0.645. The number of carbonyl (C=O) groups is 1. The van der Waals surface area contributed by atoms with Crippen LogP contribution in [0.2, 0.25) is 0 Å². The summed E-state index contributed by atoms with van der Waals surface area (Å²) in [7, 11) is 0. The van der Waals surface area contributed by atoms with Gasteiger partial charge in [-0.2, -0.15) is 12.0 Å². The van der Waals surface area contributed by atoms with E-state index in [-0.39, 0.29) is 47.2 Å². The van der Waals surface area contributed by atoms with Crippen LogP contribution in [0.4, 0.5) is 0 Å². The summed E-state index contributed by atoms with van der Waals surface area (Å²) in [5.74, 6) is 1.55. The van der Waals surface area contributed by atoms with Gasteiger partial charge in [0.1, 0.15) is 0 Å². The van der Waals surface area contributed by atoms with Crippen molar-refractivity contribution in [1.29, 1.82) is 5.41 Å². The van der Waals surface area contributed by atoms with Crippen LogP contribution < -0.4 is 29.6 Å². The second-order valence-electron chi connectivity index (χ2n) is 9.97. The third kappa shape index (κ3) is 12.9. The van der Waals surface area contributed by atoms with E-state index in [0.717, 1.165) is 68.8 Å². The Bertz CT molecular complexity index is 772. The van der Waals surface area contributed by atoms with Crippen molar-refractivity contribution >= 4 is 11.5 Å². The molecule has 0 amide bonds. The second-order valence-corrected chi connectivity index (χ2v) is 9.97. The molecule has 1 aromatic rings. The monoisotopic (exact) mass is 490 g/mol. The van der Waals surface area contributed by atoms with E-state index in [1.54, 1.807) is 5.56 Å². The summed E-state index contributed by atoms with van der Waals surface area (Å²) in [6.45, 7) is 14.2. The smallest absolute Gasteiger partial charge is 0.393 e. The van der Waals surface area contributed by atoms with Crippen LogP contribution in [0.15, 0.2) is 23.8 Å². The molecule has 0 bridgehead atoms. The molecule has 0 heterocycles. The topological polar surface area (TPSA) is 61.2 Å². The van der Waals surface area contributed by atoms with Gasteiger partial charge in [-0.15, -0.1) is 6.42 Å². The van der Waals surface area contributed by atoms with Gasteiger partial charge in [-0.1, -0.05) is 82.2 Å². The van der Waals surface area contributed by atoms with Crippen LogP contribution in [0.3, 0.4) is 0 Å². The Morgan fingerprint density at radius 1 is 1.14 bits per heavy atom. The average Bonchev–Trinajstić information content (AvgIpc) is 3.37. The van der Waals surface area contributed by atoms with Crippen LogP contribution in [0.1, 0.15) is 120 Å². The molecule has 1 aromatic carbocycles. The van der Waals surface area contributed by atoms with Gasteiger partial charge in [-0.05, 0) is 69.1 Å². The molecule has 1 saturated carbocycles. The Morgan fingerprint density at radius 3 is 2.20 bits per heavy atom. The number of hydrogen-bond acceptors (Lipinski definition) is 3. The Balaban J connectivity index is 0.000000528. The van der Waals surface area contributed by atoms with E-state index in [2.05, 4.69) is 58.9 Å². The van der Waals surface area contributed by atoms with Crippen molar-refractivity contribution < 1.29 is 39.5 Å². The molecule has 0 spiro atoms. The molecule has 4 heteroatoms. The number of aliphatic hydroxyl groups excluding tert-OH is 1. The summed E-state index contributed by atoms with van der Waals surface area (Å²) < 4.78 is 0. The first-order chi connectivity index (χ1) is 16.2. The Hall–Kier alpha value is -0.740. The molecule has 1 fully saturated rings. The van der Waals surface area contributed by atoms with E-state index in [0.29, 0.717) is 0 Å². The number of ketones is 1. The molecule has 0 unspecified atom stereocenters. The summed E-state index contributed by atoms with van der Waals surface area (Å²) in [6, 6.07) is 6.77. The van der Waals surface area contributed by atoms with Gasteiger partial charge < -0.3 is 22.2 Å². The average molecular weight is 491 g/mol. The van der Waals surface area contributed by atoms with Gasteiger partial charge in [-0.25, -0.2) is 0 Å². The van der Waals surface area contributed by atoms with E-state index < -0.39 is 0 Å². The summed E-state index contributed by atoms with van der Waals surface area (Å²) in [6.07, 6.45) is 16.5. The predicted octanol–water partition coefficient (Wildman–Crippen LogP) is 5.26. The Kier molecular flexibility index (Phi) is 19.0. The van der Waals surface area contributed by atoms with Crippen molar-refractivity contribution in [3.8, 4) is 0 Å². The molecule has 3 nitrogen and oxygen atoms in total. The van der Waals surface area contributed by atoms with Crippen LogP contribution in [0.25, 0.3) is 0 Å². The number of carbonyl (C=O) groups excluding carboxylic acids is 1. The number of aryl methyl sites for hydroxylation is 1. The SMILES string of the molecule is CC(=O)C(=N)C1=[C-]CCC1.CCCC(O)CCC.[CH2-]CC1CCC(c2cccc(C)c2C)CC1.[Na+]. The summed E-state index contributed by atoms with van der Waals surface area (Å²) >= 11 is 0. The minimum Gasteiger partial charge on any atom is -0.393 e. The Labute approximate surface area is 238 Å². The maximum absolute atomic E-state index is 10.6. The maximum atomic E-state index is 10.6. The third-order valence-corrected chi connectivity index (χ3v) is 7.18. The van der Waals surface area contributed by atoms with E-state index in [1.165, 1.54) is 43.7 Å². The normalized spacial score (nSPS) is 18.9. The van der Waals surface area contributed by atoms with Crippen molar-refractivity contribution in [2.24, 2.45) is 5.92 Å².